The van der Waals surface area contributed by atoms with E-state index in [1.807, 2.05) is 18.3 Å². The lowest BCUT2D eigenvalue weighted by atomic mass is 9.53. The summed E-state index contributed by atoms with van der Waals surface area (Å²) >= 11 is 0. The first-order chi connectivity index (χ1) is 12.6. The first-order valence-electron chi connectivity index (χ1n) is 10.1. The highest BCUT2D eigenvalue weighted by molar-refractivity contribution is 5.53. The molecule has 26 heavy (non-hydrogen) atoms. The molecule has 6 rings (SSSR count). The van der Waals surface area contributed by atoms with Crippen LogP contribution >= 0.6 is 0 Å². The van der Waals surface area contributed by atoms with Gasteiger partial charge in [-0.3, -0.25) is 4.98 Å². The molecule has 4 nitrogen and oxygen atoms in total. The Labute approximate surface area is 155 Å². The van der Waals surface area contributed by atoms with Gasteiger partial charge >= 0.3 is 0 Å². The van der Waals surface area contributed by atoms with Crippen LogP contribution in [-0.2, 0) is 0 Å². The largest absolute Gasteiger partial charge is 0.305 e. The molecule has 136 valence electrons. The maximum atomic E-state index is 4.78. The first kappa shape index (κ1) is 16.4. The third-order valence-electron chi connectivity index (χ3n) is 6.98. The Morgan fingerprint density at radius 1 is 1.04 bits per heavy atom. The summed E-state index contributed by atoms with van der Waals surface area (Å²) in [6, 6.07) is 4.23. The van der Waals surface area contributed by atoms with E-state index >= 15 is 0 Å². The number of rotatable bonds is 4. The quantitative estimate of drug-likeness (QED) is 0.886. The highest BCUT2D eigenvalue weighted by Crippen LogP contribution is 2.56. The van der Waals surface area contributed by atoms with Crippen LogP contribution in [0.5, 0.6) is 0 Å². The van der Waals surface area contributed by atoms with Crippen molar-refractivity contribution in [3.8, 4) is 11.4 Å². The third-order valence-corrected chi connectivity index (χ3v) is 6.98. The summed E-state index contributed by atoms with van der Waals surface area (Å²) in [5, 5.41) is 4.05. The van der Waals surface area contributed by atoms with Crippen LogP contribution in [0.15, 0.2) is 30.7 Å². The maximum Gasteiger partial charge on any atom is 0.159 e. The normalized spacial score (nSPS) is 33.4. The molecular weight excluding hydrogens is 320 g/mol. The van der Waals surface area contributed by atoms with E-state index in [9.17, 15) is 0 Å². The number of aromatic nitrogens is 3. The standard InChI is InChI=1S/C22H28N4/c1-14-20(13-24-21(25-14)19-3-5-23-6-4-19)15(2)26-22-10-16-7-17(11-22)9-18(8-16)12-22/h3-6,13,15-18,26H,7-12H2,1-2H3. The lowest BCUT2D eigenvalue weighted by molar-refractivity contribution is -0.0245. The van der Waals surface area contributed by atoms with Crippen molar-refractivity contribution < 1.29 is 0 Å². The SMILES string of the molecule is Cc1nc(-c2ccncc2)ncc1C(C)NC12CC3CC(CC(C3)C1)C2. The van der Waals surface area contributed by atoms with E-state index in [2.05, 4.69) is 29.1 Å². The van der Waals surface area contributed by atoms with Gasteiger partial charge in [0, 0.05) is 47.0 Å². The molecule has 4 aliphatic rings. The van der Waals surface area contributed by atoms with Gasteiger partial charge in [-0.15, -0.1) is 0 Å². The van der Waals surface area contributed by atoms with E-state index in [0.29, 0.717) is 11.6 Å². The molecule has 2 aromatic rings. The Morgan fingerprint density at radius 2 is 1.65 bits per heavy atom. The molecule has 0 saturated heterocycles. The molecule has 0 amide bonds. The molecule has 4 heteroatoms. The number of hydrogen-bond acceptors (Lipinski definition) is 4. The van der Waals surface area contributed by atoms with Crippen LogP contribution in [0.2, 0.25) is 0 Å². The maximum absolute atomic E-state index is 4.78. The summed E-state index contributed by atoms with van der Waals surface area (Å²) in [6.07, 6.45) is 14.2. The average Bonchev–Trinajstić information content (AvgIpc) is 2.60. The van der Waals surface area contributed by atoms with Crippen molar-refractivity contribution in [3.05, 3.63) is 42.0 Å². The van der Waals surface area contributed by atoms with Crippen molar-refractivity contribution in [1.29, 1.82) is 0 Å². The summed E-state index contributed by atoms with van der Waals surface area (Å²) in [4.78, 5) is 13.5. The summed E-state index contributed by atoms with van der Waals surface area (Å²) < 4.78 is 0. The second kappa shape index (κ2) is 6.12. The minimum absolute atomic E-state index is 0.303. The number of nitrogens with one attached hydrogen (secondary N) is 1. The van der Waals surface area contributed by atoms with Gasteiger partial charge in [-0.25, -0.2) is 9.97 Å². The highest BCUT2D eigenvalue weighted by atomic mass is 15.0. The van der Waals surface area contributed by atoms with Gasteiger partial charge in [-0.1, -0.05) is 0 Å². The second-order valence-corrected chi connectivity index (χ2v) is 9.03. The van der Waals surface area contributed by atoms with Crippen molar-refractivity contribution in [2.75, 3.05) is 0 Å². The third kappa shape index (κ3) is 2.84. The topological polar surface area (TPSA) is 50.7 Å². The van der Waals surface area contributed by atoms with E-state index in [1.54, 1.807) is 12.4 Å². The highest BCUT2D eigenvalue weighted by Gasteiger charge is 2.51. The Hall–Kier alpha value is -1.81. The van der Waals surface area contributed by atoms with Crippen LogP contribution in [0.3, 0.4) is 0 Å². The van der Waals surface area contributed by atoms with E-state index in [-0.39, 0.29) is 0 Å². The van der Waals surface area contributed by atoms with Crippen LogP contribution in [0, 0.1) is 24.7 Å². The fourth-order valence-electron chi connectivity index (χ4n) is 6.37. The molecule has 1 unspecified atom stereocenters. The van der Waals surface area contributed by atoms with Gasteiger partial charge in [0.1, 0.15) is 0 Å². The summed E-state index contributed by atoms with van der Waals surface area (Å²) in [5.41, 5.74) is 3.70. The van der Waals surface area contributed by atoms with Crippen LogP contribution in [0.4, 0.5) is 0 Å². The fourth-order valence-corrected chi connectivity index (χ4v) is 6.37. The summed E-state index contributed by atoms with van der Waals surface area (Å²) in [7, 11) is 0. The van der Waals surface area contributed by atoms with Crippen LogP contribution in [-0.4, -0.2) is 20.5 Å². The van der Waals surface area contributed by atoms with E-state index in [4.69, 9.17) is 4.98 Å². The molecule has 4 aliphatic carbocycles. The second-order valence-electron chi connectivity index (χ2n) is 9.03. The Bertz CT molecular complexity index is 766. The van der Waals surface area contributed by atoms with E-state index in [0.717, 1.165) is 34.8 Å². The van der Waals surface area contributed by atoms with Crippen LogP contribution < -0.4 is 5.32 Å². The number of pyridine rings is 1. The first-order valence-corrected chi connectivity index (χ1v) is 10.1. The minimum atomic E-state index is 0.303. The molecule has 4 fully saturated rings. The van der Waals surface area contributed by atoms with Gasteiger partial charge in [0.15, 0.2) is 5.82 Å². The van der Waals surface area contributed by atoms with Crippen molar-refractivity contribution in [2.24, 2.45) is 17.8 Å². The molecular formula is C22H28N4. The predicted molar refractivity (Wildman–Crippen MR) is 102 cm³/mol. The Kier molecular flexibility index (Phi) is 3.85. The van der Waals surface area contributed by atoms with E-state index in [1.165, 1.54) is 44.1 Å². The van der Waals surface area contributed by atoms with E-state index < -0.39 is 0 Å². The fraction of sp³-hybridized carbons (Fsp3) is 0.591. The number of aryl methyl sites for hydroxylation is 1. The summed E-state index contributed by atoms with van der Waals surface area (Å²) in [5.74, 6) is 3.68. The molecule has 0 aromatic carbocycles. The Morgan fingerprint density at radius 3 is 2.23 bits per heavy atom. The van der Waals surface area contributed by atoms with Gasteiger partial charge < -0.3 is 5.32 Å². The lowest BCUT2D eigenvalue weighted by Gasteiger charge is -2.57. The van der Waals surface area contributed by atoms with Crippen molar-refractivity contribution in [1.82, 2.24) is 20.3 Å². The minimum Gasteiger partial charge on any atom is -0.305 e. The van der Waals surface area contributed by atoms with Crippen molar-refractivity contribution >= 4 is 0 Å². The molecule has 2 heterocycles. The monoisotopic (exact) mass is 348 g/mol. The Balaban J connectivity index is 1.37. The molecule has 0 radical (unpaired) electrons. The zero-order chi connectivity index (χ0) is 17.7. The van der Waals surface area contributed by atoms with Crippen molar-refractivity contribution in [3.63, 3.8) is 0 Å². The van der Waals surface area contributed by atoms with Gasteiger partial charge in [-0.05, 0) is 82.3 Å². The lowest BCUT2D eigenvalue weighted by Crippen LogP contribution is -2.58. The molecule has 1 N–H and O–H groups in total. The molecule has 4 bridgehead atoms. The van der Waals surface area contributed by atoms with Crippen molar-refractivity contribution in [2.45, 2.75) is 64.0 Å². The van der Waals surface area contributed by atoms with Gasteiger partial charge in [-0.2, -0.15) is 0 Å². The average molecular weight is 348 g/mol. The zero-order valence-corrected chi connectivity index (χ0v) is 15.8. The molecule has 0 aliphatic heterocycles. The van der Waals surface area contributed by atoms with Gasteiger partial charge in [0.2, 0.25) is 0 Å². The molecule has 1 atom stereocenters. The number of hydrogen-bond donors (Lipinski definition) is 1. The predicted octanol–water partition coefficient (Wildman–Crippen LogP) is 4.47. The molecule has 4 saturated carbocycles. The van der Waals surface area contributed by atoms with Gasteiger partial charge in [0.25, 0.3) is 0 Å². The zero-order valence-electron chi connectivity index (χ0n) is 15.8. The van der Waals surface area contributed by atoms with Gasteiger partial charge in [0.05, 0.1) is 0 Å². The molecule has 2 aromatic heterocycles. The summed E-state index contributed by atoms with van der Waals surface area (Å²) in [6.45, 7) is 4.40. The number of nitrogens with zero attached hydrogens (tertiary/aromatic N) is 3. The molecule has 0 spiro atoms. The smallest absolute Gasteiger partial charge is 0.159 e. The van der Waals surface area contributed by atoms with Crippen LogP contribution in [0.1, 0.15) is 62.7 Å². The van der Waals surface area contributed by atoms with Crippen LogP contribution in [0.25, 0.3) is 11.4 Å².